The number of esters is 3. The highest BCUT2D eigenvalue weighted by Crippen LogP contribution is 2.16. The Morgan fingerprint density at radius 1 is 0.256 bits per heavy atom. The Hall–Kier alpha value is -4.45. The van der Waals surface area contributed by atoms with Crippen molar-refractivity contribution in [3.63, 3.8) is 0 Å². The first-order valence-electron chi connectivity index (χ1n) is 34.2. The van der Waals surface area contributed by atoms with Crippen LogP contribution < -0.4 is 0 Å². The molecule has 0 radical (unpaired) electrons. The van der Waals surface area contributed by atoms with Crippen molar-refractivity contribution < 1.29 is 28.6 Å². The maximum atomic E-state index is 13.0. The number of unbranched alkanes of at least 4 members (excludes halogenated alkanes) is 28. The van der Waals surface area contributed by atoms with Crippen LogP contribution in [0.4, 0.5) is 0 Å². The van der Waals surface area contributed by atoms with Crippen LogP contribution in [0.3, 0.4) is 0 Å². The third kappa shape index (κ3) is 66.4. The summed E-state index contributed by atoms with van der Waals surface area (Å²) in [7, 11) is 0. The lowest BCUT2D eigenvalue weighted by Crippen LogP contribution is -2.30. The van der Waals surface area contributed by atoms with Crippen molar-refractivity contribution in [3.8, 4) is 0 Å². The molecule has 0 aliphatic carbocycles. The smallest absolute Gasteiger partial charge is 0.306 e. The lowest BCUT2D eigenvalue weighted by atomic mass is 10.1. The van der Waals surface area contributed by atoms with Gasteiger partial charge in [0, 0.05) is 19.3 Å². The highest BCUT2D eigenvalue weighted by Gasteiger charge is 2.19. The van der Waals surface area contributed by atoms with Crippen molar-refractivity contribution in [2.45, 2.75) is 316 Å². The van der Waals surface area contributed by atoms with E-state index < -0.39 is 6.10 Å². The number of hydrogen-bond donors (Lipinski definition) is 0. The van der Waals surface area contributed by atoms with Crippen molar-refractivity contribution in [3.05, 3.63) is 134 Å². The van der Waals surface area contributed by atoms with E-state index in [0.717, 1.165) is 135 Å². The first kappa shape index (κ1) is 77.5. The van der Waals surface area contributed by atoms with Crippen LogP contribution in [0.5, 0.6) is 0 Å². The molecule has 0 aromatic heterocycles. The van der Waals surface area contributed by atoms with E-state index in [2.05, 4.69) is 154 Å². The molecule has 1 unspecified atom stereocenters. The maximum absolute atomic E-state index is 13.0. The van der Waals surface area contributed by atoms with Crippen LogP contribution >= 0.6 is 0 Å². The number of allylic oxidation sites excluding steroid dienone is 22. The van der Waals surface area contributed by atoms with Gasteiger partial charge in [0.1, 0.15) is 13.2 Å². The van der Waals surface area contributed by atoms with E-state index >= 15 is 0 Å². The summed E-state index contributed by atoms with van der Waals surface area (Å²) in [5, 5.41) is 0. The minimum atomic E-state index is -0.798. The summed E-state index contributed by atoms with van der Waals surface area (Å²) in [6.45, 7) is 6.41. The summed E-state index contributed by atoms with van der Waals surface area (Å²) >= 11 is 0. The molecule has 0 spiro atoms. The number of rotatable bonds is 61. The second-order valence-electron chi connectivity index (χ2n) is 22.3. The van der Waals surface area contributed by atoms with Crippen molar-refractivity contribution in [2.24, 2.45) is 0 Å². The van der Waals surface area contributed by atoms with Gasteiger partial charge >= 0.3 is 17.9 Å². The Morgan fingerprint density at radius 2 is 0.476 bits per heavy atom. The van der Waals surface area contributed by atoms with Crippen LogP contribution in [-0.2, 0) is 28.6 Å². The molecule has 0 bridgehead atoms. The van der Waals surface area contributed by atoms with Gasteiger partial charge in [0.25, 0.3) is 0 Å². The van der Waals surface area contributed by atoms with Gasteiger partial charge in [0.15, 0.2) is 6.10 Å². The van der Waals surface area contributed by atoms with E-state index in [9.17, 15) is 14.4 Å². The van der Waals surface area contributed by atoms with Gasteiger partial charge < -0.3 is 14.2 Å². The minimum absolute atomic E-state index is 0.0912. The first-order valence-corrected chi connectivity index (χ1v) is 34.2. The van der Waals surface area contributed by atoms with Crippen molar-refractivity contribution in [1.82, 2.24) is 0 Å². The second kappa shape index (κ2) is 69.0. The van der Waals surface area contributed by atoms with Crippen LogP contribution in [0.2, 0.25) is 0 Å². The SMILES string of the molecule is CC/C=C\C/C=C\C/C=C\C/C=C\C/C=C\CCCCCCCCCC(=O)OCC(COC(=O)CCCCCCCCC/C=C\CCCCCCCCC)OC(=O)CCCCCCCCC/C=C\C/C=C\C/C=C\C/C=C\C/C=C\CC. The lowest BCUT2D eigenvalue weighted by Gasteiger charge is -2.18. The van der Waals surface area contributed by atoms with Crippen LogP contribution in [0, 0.1) is 0 Å². The first-order chi connectivity index (χ1) is 40.5. The topological polar surface area (TPSA) is 78.9 Å². The standard InChI is InChI=1S/C76H126O6/c1-4-7-10-13-16-19-22-25-28-31-34-36-38-40-42-45-48-51-54-57-60-63-66-69-75(78)81-72-73(71-80-74(77)68-65-62-59-56-53-50-47-44-33-30-27-24-21-18-15-12-9-6-3)82-76(79)70-67-64-61-58-55-52-49-46-43-41-39-37-35-32-29-26-23-20-17-14-11-8-5-2/h7-8,10-11,16-17,19-20,25-26,28-30,33-37,40-43,73H,4-6,9,12-15,18,21-24,27,31-32,38-39,44-72H2,1-3H3/b10-7-,11-8-,19-16-,20-17-,28-25-,29-26-,33-30-,36-34-,37-35-,42-40-,43-41-. The third-order valence-corrected chi connectivity index (χ3v) is 14.4. The maximum Gasteiger partial charge on any atom is 0.306 e. The Bertz CT molecular complexity index is 1730. The molecule has 6 nitrogen and oxygen atoms in total. The molecule has 0 saturated heterocycles. The molecule has 6 heteroatoms. The van der Waals surface area contributed by atoms with E-state index in [0.29, 0.717) is 19.3 Å². The molecule has 0 fully saturated rings. The average Bonchev–Trinajstić information content (AvgIpc) is 3.47. The molecule has 0 aromatic rings. The molecule has 0 heterocycles. The molecular formula is C76H126O6. The normalized spacial score (nSPS) is 13.0. The van der Waals surface area contributed by atoms with Gasteiger partial charge in [0.2, 0.25) is 0 Å². The molecular weight excluding hydrogens is 1010 g/mol. The third-order valence-electron chi connectivity index (χ3n) is 14.4. The van der Waals surface area contributed by atoms with Crippen LogP contribution in [0.1, 0.15) is 310 Å². The molecule has 466 valence electrons. The molecule has 0 rings (SSSR count). The van der Waals surface area contributed by atoms with E-state index in [1.54, 1.807) is 0 Å². The molecule has 0 saturated carbocycles. The molecule has 0 N–H and O–H groups in total. The van der Waals surface area contributed by atoms with Gasteiger partial charge in [-0.15, -0.1) is 0 Å². The molecule has 0 aliphatic rings. The minimum Gasteiger partial charge on any atom is -0.462 e. The molecule has 0 amide bonds. The van der Waals surface area contributed by atoms with Gasteiger partial charge in [-0.1, -0.05) is 289 Å². The molecule has 0 aromatic carbocycles. The van der Waals surface area contributed by atoms with Crippen LogP contribution in [-0.4, -0.2) is 37.2 Å². The van der Waals surface area contributed by atoms with E-state index in [1.807, 2.05) is 0 Å². The van der Waals surface area contributed by atoms with Crippen LogP contribution in [0.15, 0.2) is 134 Å². The Morgan fingerprint density at radius 3 is 0.756 bits per heavy atom. The fraction of sp³-hybridized carbons (Fsp3) is 0.671. The van der Waals surface area contributed by atoms with E-state index in [-0.39, 0.29) is 31.1 Å². The van der Waals surface area contributed by atoms with Crippen molar-refractivity contribution >= 4 is 17.9 Å². The quantitative estimate of drug-likeness (QED) is 0.0261. The summed E-state index contributed by atoms with van der Waals surface area (Å²) in [5.74, 6) is -0.910. The highest BCUT2D eigenvalue weighted by atomic mass is 16.6. The van der Waals surface area contributed by atoms with Crippen LogP contribution in [0.25, 0.3) is 0 Å². The van der Waals surface area contributed by atoms with Gasteiger partial charge in [0.05, 0.1) is 0 Å². The van der Waals surface area contributed by atoms with E-state index in [1.165, 1.54) is 135 Å². The zero-order valence-corrected chi connectivity index (χ0v) is 53.5. The summed E-state index contributed by atoms with van der Waals surface area (Å²) in [4.78, 5) is 38.5. The average molecular weight is 1140 g/mol. The van der Waals surface area contributed by atoms with Gasteiger partial charge in [-0.2, -0.15) is 0 Å². The monoisotopic (exact) mass is 1130 g/mol. The molecule has 82 heavy (non-hydrogen) atoms. The van der Waals surface area contributed by atoms with Crippen molar-refractivity contribution in [2.75, 3.05) is 13.2 Å². The number of carbonyl (C=O) groups excluding carboxylic acids is 3. The highest BCUT2D eigenvalue weighted by molar-refractivity contribution is 5.71. The Kier molecular flexibility index (Phi) is 65.3. The van der Waals surface area contributed by atoms with Gasteiger partial charge in [-0.25, -0.2) is 0 Å². The van der Waals surface area contributed by atoms with Crippen molar-refractivity contribution in [1.29, 1.82) is 0 Å². The Balaban J connectivity index is 4.45. The summed E-state index contributed by atoms with van der Waals surface area (Å²) < 4.78 is 17.0. The predicted molar refractivity (Wildman–Crippen MR) is 357 cm³/mol. The molecule has 1 atom stereocenters. The number of carbonyl (C=O) groups is 3. The summed E-state index contributed by atoms with van der Waals surface area (Å²) in [6, 6.07) is 0. The second-order valence-corrected chi connectivity index (χ2v) is 22.3. The fourth-order valence-corrected chi connectivity index (χ4v) is 9.32. The lowest BCUT2D eigenvalue weighted by molar-refractivity contribution is -0.167. The number of hydrogen-bond acceptors (Lipinski definition) is 6. The zero-order chi connectivity index (χ0) is 59.2. The summed E-state index contributed by atoms with van der Waals surface area (Å²) in [6.07, 6.45) is 97.4. The van der Waals surface area contributed by atoms with Gasteiger partial charge in [-0.05, 0) is 135 Å². The molecule has 0 aliphatic heterocycles. The zero-order valence-electron chi connectivity index (χ0n) is 53.5. The number of ether oxygens (including phenoxy) is 3. The Labute approximate surface area is 506 Å². The largest absolute Gasteiger partial charge is 0.462 e. The van der Waals surface area contributed by atoms with E-state index in [4.69, 9.17) is 14.2 Å². The predicted octanol–water partition coefficient (Wildman–Crippen LogP) is 23.7. The van der Waals surface area contributed by atoms with Gasteiger partial charge in [-0.3, -0.25) is 14.4 Å². The fourth-order valence-electron chi connectivity index (χ4n) is 9.32. The summed E-state index contributed by atoms with van der Waals surface area (Å²) in [5.41, 5.74) is 0.